The molecule has 1 spiro atoms. The van der Waals surface area contributed by atoms with E-state index in [9.17, 15) is 14.4 Å². The van der Waals surface area contributed by atoms with E-state index in [1.807, 2.05) is 13.8 Å². The van der Waals surface area contributed by atoms with Gasteiger partial charge in [-0.25, -0.2) is 4.79 Å². The number of piperidine rings is 1. The SMILES string of the molecule is CCOC(=O)C12OC3(CC(C)CCC3C1(C)C)N(CC=O)C2=O. The van der Waals surface area contributed by atoms with Gasteiger partial charge in [0, 0.05) is 11.3 Å². The van der Waals surface area contributed by atoms with Crippen LogP contribution in [-0.4, -0.2) is 47.5 Å². The molecule has 0 aromatic carbocycles. The lowest BCUT2D eigenvalue weighted by molar-refractivity contribution is -0.180. The zero-order valence-electron chi connectivity index (χ0n) is 14.3. The van der Waals surface area contributed by atoms with Crippen LogP contribution in [0.2, 0.25) is 0 Å². The first-order valence-corrected chi connectivity index (χ1v) is 8.41. The van der Waals surface area contributed by atoms with Crippen molar-refractivity contribution in [3.8, 4) is 0 Å². The van der Waals surface area contributed by atoms with E-state index >= 15 is 0 Å². The van der Waals surface area contributed by atoms with Crippen LogP contribution < -0.4 is 0 Å². The van der Waals surface area contributed by atoms with Gasteiger partial charge in [-0.3, -0.25) is 4.79 Å². The van der Waals surface area contributed by atoms with Crippen molar-refractivity contribution >= 4 is 18.2 Å². The molecule has 0 aromatic heterocycles. The lowest BCUT2D eigenvalue weighted by Crippen LogP contribution is -2.66. The molecule has 2 saturated heterocycles. The average molecular weight is 323 g/mol. The Hall–Kier alpha value is -1.43. The summed E-state index contributed by atoms with van der Waals surface area (Å²) in [5, 5.41) is 0. The second kappa shape index (κ2) is 5.03. The van der Waals surface area contributed by atoms with Gasteiger partial charge >= 0.3 is 5.97 Å². The van der Waals surface area contributed by atoms with Crippen LogP contribution in [0.4, 0.5) is 0 Å². The fraction of sp³-hybridized carbons (Fsp3) is 0.824. The molecule has 1 saturated carbocycles. The van der Waals surface area contributed by atoms with E-state index in [0.29, 0.717) is 18.6 Å². The number of hydrogen-bond donors (Lipinski definition) is 0. The molecule has 1 amide bonds. The number of rotatable bonds is 4. The van der Waals surface area contributed by atoms with Gasteiger partial charge in [0.25, 0.3) is 11.5 Å². The van der Waals surface area contributed by atoms with Crippen molar-refractivity contribution in [1.82, 2.24) is 4.90 Å². The Morgan fingerprint density at radius 3 is 2.74 bits per heavy atom. The molecule has 0 aromatic rings. The highest BCUT2D eigenvalue weighted by Gasteiger charge is 2.82. The third kappa shape index (κ3) is 1.76. The molecule has 2 aliphatic heterocycles. The van der Waals surface area contributed by atoms with E-state index in [1.54, 1.807) is 6.92 Å². The third-order valence-electron chi connectivity index (χ3n) is 6.07. The highest BCUT2D eigenvalue weighted by Crippen LogP contribution is 2.67. The molecule has 4 atom stereocenters. The molecular formula is C17H25NO5. The van der Waals surface area contributed by atoms with Crippen molar-refractivity contribution in [3.05, 3.63) is 0 Å². The largest absolute Gasteiger partial charge is 0.463 e. The van der Waals surface area contributed by atoms with Crippen LogP contribution in [-0.2, 0) is 23.9 Å². The van der Waals surface area contributed by atoms with Crippen LogP contribution in [0.1, 0.15) is 47.0 Å². The summed E-state index contributed by atoms with van der Waals surface area (Å²) in [6.07, 6.45) is 3.26. The van der Waals surface area contributed by atoms with Crippen molar-refractivity contribution in [3.63, 3.8) is 0 Å². The maximum atomic E-state index is 13.1. The second-order valence-electron chi connectivity index (χ2n) is 7.59. The Morgan fingerprint density at radius 1 is 1.43 bits per heavy atom. The standard InChI is InChI=1S/C17H25NO5/c1-5-22-14(21)17-13(20)18(8-9-19)16(23-17)10-11(2)6-7-12(16)15(17,3)4/h9,11-12H,5-8,10H2,1-4H3. The summed E-state index contributed by atoms with van der Waals surface area (Å²) in [4.78, 5) is 38.5. The molecule has 0 N–H and O–H groups in total. The summed E-state index contributed by atoms with van der Waals surface area (Å²) in [6.45, 7) is 7.82. The van der Waals surface area contributed by atoms with Crippen molar-refractivity contribution in [2.75, 3.05) is 13.2 Å². The fourth-order valence-corrected chi connectivity index (χ4v) is 5.07. The average Bonchev–Trinajstić information content (AvgIpc) is 2.83. The van der Waals surface area contributed by atoms with Crippen LogP contribution in [0.15, 0.2) is 0 Å². The Morgan fingerprint density at radius 2 is 2.13 bits per heavy atom. The van der Waals surface area contributed by atoms with Gasteiger partial charge in [-0.1, -0.05) is 27.2 Å². The van der Waals surface area contributed by atoms with Gasteiger partial charge in [-0.05, 0) is 25.7 Å². The first kappa shape index (κ1) is 16.4. The van der Waals surface area contributed by atoms with Crippen LogP contribution in [0.5, 0.6) is 0 Å². The topological polar surface area (TPSA) is 72.9 Å². The number of ether oxygens (including phenoxy) is 2. The quantitative estimate of drug-likeness (QED) is 0.445. The molecule has 2 bridgehead atoms. The first-order valence-electron chi connectivity index (χ1n) is 8.41. The minimum absolute atomic E-state index is 0.0215. The molecule has 23 heavy (non-hydrogen) atoms. The molecule has 4 unspecified atom stereocenters. The number of carbonyl (C=O) groups is 3. The van der Waals surface area contributed by atoms with Gasteiger partial charge in [-0.2, -0.15) is 0 Å². The minimum atomic E-state index is -1.62. The van der Waals surface area contributed by atoms with Crippen LogP contribution in [0.3, 0.4) is 0 Å². The Bertz CT molecular complexity index is 559. The number of likely N-dealkylation sites (tertiary alicyclic amines) is 1. The van der Waals surface area contributed by atoms with E-state index in [4.69, 9.17) is 9.47 Å². The Kier molecular flexibility index (Phi) is 3.59. The molecule has 128 valence electrons. The van der Waals surface area contributed by atoms with Crippen molar-refractivity contribution in [2.45, 2.75) is 58.3 Å². The Labute approximate surface area is 136 Å². The third-order valence-corrected chi connectivity index (χ3v) is 6.07. The zero-order valence-corrected chi connectivity index (χ0v) is 14.3. The van der Waals surface area contributed by atoms with Gasteiger partial charge in [-0.15, -0.1) is 0 Å². The van der Waals surface area contributed by atoms with Gasteiger partial charge in [0.15, 0.2) is 0 Å². The highest BCUT2D eigenvalue weighted by atomic mass is 16.6. The molecule has 6 heteroatoms. The summed E-state index contributed by atoms with van der Waals surface area (Å²) in [6, 6.07) is 0. The molecule has 1 aliphatic carbocycles. The summed E-state index contributed by atoms with van der Waals surface area (Å²) >= 11 is 0. The molecule has 3 fully saturated rings. The molecule has 3 aliphatic rings. The monoisotopic (exact) mass is 323 g/mol. The van der Waals surface area contributed by atoms with E-state index in [0.717, 1.165) is 12.8 Å². The predicted molar refractivity (Wildman–Crippen MR) is 81.2 cm³/mol. The fourth-order valence-electron chi connectivity index (χ4n) is 5.07. The second-order valence-corrected chi connectivity index (χ2v) is 7.59. The molecule has 0 radical (unpaired) electrons. The summed E-state index contributed by atoms with van der Waals surface area (Å²) in [5.41, 5.74) is -3.14. The molecule has 2 heterocycles. The first-order chi connectivity index (χ1) is 10.8. The van der Waals surface area contributed by atoms with E-state index in [2.05, 4.69) is 6.92 Å². The van der Waals surface area contributed by atoms with Gasteiger partial charge in [0.2, 0.25) is 0 Å². The summed E-state index contributed by atoms with van der Waals surface area (Å²) in [7, 11) is 0. The smallest absolute Gasteiger partial charge is 0.349 e. The zero-order chi connectivity index (χ0) is 17.0. The van der Waals surface area contributed by atoms with E-state index in [-0.39, 0.29) is 19.1 Å². The van der Waals surface area contributed by atoms with Gasteiger partial charge < -0.3 is 19.2 Å². The lowest BCUT2D eigenvalue weighted by atomic mass is 9.58. The van der Waals surface area contributed by atoms with E-state index < -0.39 is 28.6 Å². The van der Waals surface area contributed by atoms with Gasteiger partial charge in [0.05, 0.1) is 13.2 Å². The maximum Gasteiger partial charge on any atom is 0.349 e. The lowest BCUT2D eigenvalue weighted by Gasteiger charge is -2.51. The minimum Gasteiger partial charge on any atom is -0.463 e. The van der Waals surface area contributed by atoms with Crippen LogP contribution in [0, 0.1) is 17.3 Å². The number of hydrogen-bond acceptors (Lipinski definition) is 5. The maximum absolute atomic E-state index is 13.1. The summed E-state index contributed by atoms with van der Waals surface area (Å²) < 4.78 is 11.5. The molecule has 6 nitrogen and oxygen atoms in total. The van der Waals surface area contributed by atoms with E-state index in [1.165, 1.54) is 4.90 Å². The number of esters is 1. The Balaban J connectivity index is 2.15. The van der Waals surface area contributed by atoms with Gasteiger partial charge in [0.1, 0.15) is 12.0 Å². The van der Waals surface area contributed by atoms with Crippen LogP contribution >= 0.6 is 0 Å². The molecule has 3 rings (SSSR count). The normalized spacial score (nSPS) is 40.9. The predicted octanol–water partition coefficient (Wildman–Crippen LogP) is 1.52. The number of carbonyl (C=O) groups excluding carboxylic acids is 3. The molecular weight excluding hydrogens is 298 g/mol. The van der Waals surface area contributed by atoms with Crippen molar-refractivity contribution in [2.24, 2.45) is 17.3 Å². The number of nitrogens with zero attached hydrogens (tertiary/aromatic N) is 1. The van der Waals surface area contributed by atoms with Crippen LogP contribution in [0.25, 0.3) is 0 Å². The summed E-state index contributed by atoms with van der Waals surface area (Å²) in [5.74, 6) is -0.642. The number of aldehydes is 1. The number of fused-ring (bicyclic) bond motifs is 1. The highest BCUT2D eigenvalue weighted by molar-refractivity contribution is 6.10. The van der Waals surface area contributed by atoms with Crippen molar-refractivity contribution in [1.29, 1.82) is 0 Å². The number of amides is 1. The van der Waals surface area contributed by atoms with Crippen molar-refractivity contribution < 1.29 is 23.9 Å².